The van der Waals surface area contributed by atoms with E-state index in [4.69, 9.17) is 14.5 Å². The van der Waals surface area contributed by atoms with Gasteiger partial charge < -0.3 is 9.47 Å². The van der Waals surface area contributed by atoms with Gasteiger partial charge in [0.1, 0.15) is 4.83 Å². The lowest BCUT2D eigenvalue weighted by Crippen LogP contribution is -2.29. The number of thiophene rings is 1. The van der Waals surface area contributed by atoms with Gasteiger partial charge in [-0.3, -0.25) is 0 Å². The summed E-state index contributed by atoms with van der Waals surface area (Å²) >= 11 is 1.81. The highest BCUT2D eigenvalue weighted by atomic mass is 32.1. The number of rotatable bonds is 3. The van der Waals surface area contributed by atoms with E-state index < -0.39 is 11.7 Å². The molecule has 0 aliphatic heterocycles. The molecule has 1 aliphatic carbocycles. The van der Waals surface area contributed by atoms with Crippen LogP contribution in [-0.4, -0.2) is 23.7 Å². The van der Waals surface area contributed by atoms with Crippen LogP contribution in [0.15, 0.2) is 0 Å². The third kappa shape index (κ3) is 3.44. The number of carbonyl (C=O) groups excluding carboxylic acids is 1. The molecule has 1 atom stereocenters. The number of esters is 1. The van der Waals surface area contributed by atoms with E-state index >= 15 is 0 Å². The van der Waals surface area contributed by atoms with Crippen molar-refractivity contribution in [2.45, 2.75) is 72.0 Å². The number of aromatic nitrogens is 1. The number of hydrogen-bond donors (Lipinski definition) is 0. The molecule has 0 saturated heterocycles. The monoisotopic (exact) mass is 361 g/mol. The topological polar surface area (TPSA) is 48.4 Å². The summed E-state index contributed by atoms with van der Waals surface area (Å²) in [4.78, 5) is 19.9. The van der Waals surface area contributed by atoms with E-state index in [1.165, 1.54) is 35.8 Å². The van der Waals surface area contributed by atoms with Gasteiger partial charge in [0.25, 0.3) is 0 Å². The SMILES string of the molecule is COC(=O)[C@@H](OC(C)(C)C)c1c(C)nc2sc3c(c2c1C)CCCC3. The molecule has 0 spiro atoms. The number of nitrogens with zero attached hydrogens (tertiary/aromatic N) is 1. The smallest absolute Gasteiger partial charge is 0.339 e. The van der Waals surface area contributed by atoms with Crippen molar-refractivity contribution in [2.24, 2.45) is 0 Å². The minimum absolute atomic E-state index is 0.369. The number of carbonyl (C=O) groups is 1. The standard InChI is InChI=1S/C20H27NO3S/c1-11-15(17(19(22)23-6)24-20(3,4)5)12(2)21-18-16(11)13-9-7-8-10-14(13)25-18/h17H,7-10H2,1-6H3/t17-/m0/s1. The Labute approximate surface area is 153 Å². The minimum atomic E-state index is -0.749. The Balaban J connectivity index is 2.21. The molecule has 2 aromatic heterocycles. The largest absolute Gasteiger partial charge is 0.467 e. The maximum atomic E-state index is 12.5. The third-order valence-electron chi connectivity index (χ3n) is 4.74. The molecule has 136 valence electrons. The van der Waals surface area contributed by atoms with E-state index in [1.807, 2.05) is 39.0 Å². The normalized spacial score (nSPS) is 15.9. The number of pyridine rings is 1. The average molecular weight is 362 g/mol. The van der Waals surface area contributed by atoms with Crippen LogP contribution in [0.2, 0.25) is 0 Å². The lowest BCUT2D eigenvalue weighted by molar-refractivity contribution is -0.164. The molecule has 0 radical (unpaired) electrons. The minimum Gasteiger partial charge on any atom is -0.467 e. The predicted molar refractivity (Wildman–Crippen MR) is 101 cm³/mol. The summed E-state index contributed by atoms with van der Waals surface area (Å²) < 4.78 is 11.1. The van der Waals surface area contributed by atoms with Gasteiger partial charge in [0.05, 0.1) is 12.7 Å². The Morgan fingerprint density at radius 2 is 1.88 bits per heavy atom. The first-order valence-corrected chi connectivity index (χ1v) is 9.71. The molecule has 2 aromatic rings. The van der Waals surface area contributed by atoms with Gasteiger partial charge in [0, 0.05) is 21.5 Å². The Bertz CT molecular complexity index is 817. The quantitative estimate of drug-likeness (QED) is 0.735. The zero-order valence-electron chi connectivity index (χ0n) is 16.0. The van der Waals surface area contributed by atoms with Crippen LogP contribution in [0.25, 0.3) is 10.2 Å². The van der Waals surface area contributed by atoms with Crippen molar-refractivity contribution in [3.05, 3.63) is 27.3 Å². The lowest BCUT2D eigenvalue weighted by atomic mass is 9.92. The number of hydrogen-bond acceptors (Lipinski definition) is 5. The zero-order valence-corrected chi connectivity index (χ0v) is 16.8. The summed E-state index contributed by atoms with van der Waals surface area (Å²) in [7, 11) is 1.41. The van der Waals surface area contributed by atoms with Crippen molar-refractivity contribution in [2.75, 3.05) is 7.11 Å². The molecule has 0 aromatic carbocycles. The van der Waals surface area contributed by atoms with Crippen molar-refractivity contribution < 1.29 is 14.3 Å². The van der Waals surface area contributed by atoms with Gasteiger partial charge in [-0.1, -0.05) is 0 Å². The Kier molecular flexibility index (Phi) is 4.91. The fourth-order valence-corrected chi connectivity index (χ4v) is 5.08. The summed E-state index contributed by atoms with van der Waals surface area (Å²) in [6.07, 6.45) is 3.97. The molecular formula is C20H27NO3S. The second-order valence-electron chi connectivity index (χ2n) is 7.76. The van der Waals surface area contributed by atoms with Gasteiger partial charge in [-0.2, -0.15) is 0 Å². The molecule has 0 amide bonds. The molecule has 0 fully saturated rings. The van der Waals surface area contributed by atoms with Crippen LogP contribution in [0, 0.1) is 13.8 Å². The van der Waals surface area contributed by atoms with Crippen molar-refractivity contribution in [3.8, 4) is 0 Å². The molecule has 0 unspecified atom stereocenters. The number of ether oxygens (including phenoxy) is 2. The Morgan fingerprint density at radius 3 is 2.52 bits per heavy atom. The molecule has 0 bridgehead atoms. The molecule has 5 heteroatoms. The molecule has 4 nitrogen and oxygen atoms in total. The van der Waals surface area contributed by atoms with Crippen LogP contribution in [0.1, 0.15) is 67.0 Å². The van der Waals surface area contributed by atoms with Crippen LogP contribution in [-0.2, 0) is 27.1 Å². The van der Waals surface area contributed by atoms with Crippen LogP contribution >= 0.6 is 11.3 Å². The summed E-state index contributed by atoms with van der Waals surface area (Å²) in [5.41, 5.74) is 3.79. The third-order valence-corrected chi connectivity index (χ3v) is 5.93. The predicted octanol–water partition coefficient (Wildman–Crippen LogP) is 4.82. The van der Waals surface area contributed by atoms with E-state index in [0.717, 1.165) is 34.5 Å². The molecular weight excluding hydrogens is 334 g/mol. The van der Waals surface area contributed by atoms with E-state index in [2.05, 4.69) is 6.92 Å². The summed E-state index contributed by atoms with van der Waals surface area (Å²) in [5, 5.41) is 1.23. The number of fused-ring (bicyclic) bond motifs is 3. The highest BCUT2D eigenvalue weighted by Gasteiger charge is 2.32. The summed E-state index contributed by atoms with van der Waals surface area (Å²) in [6.45, 7) is 9.91. The fraction of sp³-hybridized carbons (Fsp3) is 0.600. The van der Waals surface area contributed by atoms with E-state index in [-0.39, 0.29) is 5.97 Å². The fourth-order valence-electron chi connectivity index (χ4n) is 3.71. The number of aryl methyl sites for hydroxylation is 4. The van der Waals surface area contributed by atoms with Gasteiger partial charge in [-0.25, -0.2) is 9.78 Å². The van der Waals surface area contributed by atoms with Gasteiger partial charge in [0.2, 0.25) is 0 Å². The Hall–Kier alpha value is -1.46. The average Bonchev–Trinajstić information content (AvgIpc) is 2.90. The highest BCUT2D eigenvalue weighted by molar-refractivity contribution is 7.18. The van der Waals surface area contributed by atoms with Crippen LogP contribution in [0.3, 0.4) is 0 Å². The first-order valence-electron chi connectivity index (χ1n) is 8.90. The van der Waals surface area contributed by atoms with Crippen LogP contribution in [0.4, 0.5) is 0 Å². The molecule has 3 rings (SSSR count). The highest BCUT2D eigenvalue weighted by Crippen LogP contribution is 2.41. The summed E-state index contributed by atoms with van der Waals surface area (Å²) in [5.74, 6) is -0.369. The van der Waals surface area contributed by atoms with Crippen molar-refractivity contribution >= 4 is 27.5 Å². The van der Waals surface area contributed by atoms with Gasteiger partial charge in [0.15, 0.2) is 6.10 Å². The molecule has 0 N–H and O–H groups in total. The summed E-state index contributed by atoms with van der Waals surface area (Å²) in [6, 6.07) is 0. The van der Waals surface area contributed by atoms with Crippen LogP contribution in [0.5, 0.6) is 0 Å². The molecule has 1 aliphatic rings. The molecule has 25 heavy (non-hydrogen) atoms. The van der Waals surface area contributed by atoms with Gasteiger partial charge in [-0.05, 0) is 71.4 Å². The Morgan fingerprint density at radius 1 is 1.20 bits per heavy atom. The molecule has 2 heterocycles. The van der Waals surface area contributed by atoms with Gasteiger partial charge in [-0.15, -0.1) is 11.3 Å². The van der Waals surface area contributed by atoms with E-state index in [0.29, 0.717) is 0 Å². The maximum absolute atomic E-state index is 12.5. The molecule has 0 saturated carbocycles. The maximum Gasteiger partial charge on any atom is 0.339 e. The van der Waals surface area contributed by atoms with Crippen molar-refractivity contribution in [1.82, 2.24) is 4.98 Å². The lowest BCUT2D eigenvalue weighted by Gasteiger charge is -2.28. The zero-order chi connectivity index (χ0) is 18.4. The second-order valence-corrected chi connectivity index (χ2v) is 8.84. The first kappa shape index (κ1) is 18.3. The van der Waals surface area contributed by atoms with E-state index in [1.54, 1.807) is 0 Å². The van der Waals surface area contributed by atoms with Crippen molar-refractivity contribution in [3.63, 3.8) is 0 Å². The van der Waals surface area contributed by atoms with Crippen molar-refractivity contribution in [1.29, 1.82) is 0 Å². The van der Waals surface area contributed by atoms with Crippen LogP contribution < -0.4 is 0 Å². The second kappa shape index (κ2) is 6.69. The number of methoxy groups -OCH3 is 1. The van der Waals surface area contributed by atoms with E-state index in [9.17, 15) is 4.79 Å². The first-order chi connectivity index (χ1) is 11.7. The van der Waals surface area contributed by atoms with Gasteiger partial charge >= 0.3 is 5.97 Å².